The Hall–Kier alpha value is -1.92. The first-order valence-electron chi connectivity index (χ1n) is 10.0. The molecular weight excluding hydrogens is 498 g/mol. The molecule has 6 rings (SSSR count). The molecule has 0 aromatic heterocycles. The minimum Gasteiger partial charge on any atom is -1.00 e. The number of benzene rings is 4. The topological polar surface area (TPSA) is 0 Å². The minimum atomic E-state index is 0. The van der Waals surface area contributed by atoms with Crippen LogP contribution in [-0.4, -0.2) is 0 Å². The third-order valence-corrected chi connectivity index (χ3v) is 6.16. The molecule has 0 fully saturated rings. The summed E-state index contributed by atoms with van der Waals surface area (Å²) in [7, 11) is 0. The van der Waals surface area contributed by atoms with Gasteiger partial charge in [-0.3, -0.25) is 0 Å². The normalized spacial score (nSPS) is 10.7. The van der Waals surface area contributed by atoms with Crippen molar-refractivity contribution in [1.82, 2.24) is 0 Å². The fraction of sp³-hybridized carbons (Fsp3) is 0.0714. The van der Waals surface area contributed by atoms with Crippen LogP contribution >= 0.6 is 0 Å². The van der Waals surface area contributed by atoms with Gasteiger partial charge >= 0.3 is 26.2 Å². The summed E-state index contributed by atoms with van der Waals surface area (Å²) in [5.41, 5.74) is 2.89. The quantitative estimate of drug-likeness (QED) is 0.312. The molecule has 0 aliphatic rings. The van der Waals surface area contributed by atoms with Crippen LogP contribution in [0.2, 0.25) is 0 Å². The van der Waals surface area contributed by atoms with Crippen LogP contribution in [0.4, 0.5) is 0 Å². The van der Waals surface area contributed by atoms with E-state index in [1.165, 1.54) is 54.2 Å². The third-order valence-electron chi connectivity index (χ3n) is 6.16. The maximum atomic E-state index is 2.36. The van der Waals surface area contributed by atoms with E-state index in [1.807, 2.05) is 0 Å². The first-order chi connectivity index (χ1) is 13.9. The Morgan fingerprint density at radius 1 is 0.452 bits per heavy atom. The van der Waals surface area contributed by atoms with E-state index in [1.54, 1.807) is 0 Å². The van der Waals surface area contributed by atoms with Crippen LogP contribution in [0.25, 0.3) is 43.1 Å². The summed E-state index contributed by atoms with van der Waals surface area (Å²) in [5, 5.41) is 11.0. The molecule has 0 spiro atoms. The van der Waals surface area contributed by atoms with Crippen LogP contribution in [0.5, 0.6) is 0 Å². The number of aryl methyl sites for hydroxylation is 2. The predicted molar refractivity (Wildman–Crippen MR) is 122 cm³/mol. The summed E-state index contributed by atoms with van der Waals surface area (Å²) in [5.74, 6) is 0. The van der Waals surface area contributed by atoms with Crippen molar-refractivity contribution in [1.29, 1.82) is 0 Å². The number of hydrogen-bond donors (Lipinski definition) is 0. The van der Waals surface area contributed by atoms with Gasteiger partial charge in [-0.2, -0.15) is 0 Å². The molecule has 150 valence electrons. The molecule has 0 amide bonds. The smallest absolute Gasteiger partial charge is 1.00 e. The van der Waals surface area contributed by atoms with Crippen molar-refractivity contribution in [2.45, 2.75) is 12.8 Å². The molecule has 0 aliphatic heterocycles. The van der Waals surface area contributed by atoms with E-state index in [2.05, 4.69) is 97.1 Å². The molecule has 0 radical (unpaired) electrons. The molecule has 0 saturated heterocycles. The minimum absolute atomic E-state index is 0. The van der Waals surface area contributed by atoms with Gasteiger partial charge in [0.1, 0.15) is 0 Å². The molecule has 0 nitrogen and oxygen atoms in total. The van der Waals surface area contributed by atoms with Crippen molar-refractivity contribution >= 4 is 43.1 Å². The molecule has 0 bridgehead atoms. The average Bonchev–Trinajstić information content (AvgIpc) is 3.31. The predicted octanol–water partition coefficient (Wildman–Crippen LogP) is 1.53. The van der Waals surface area contributed by atoms with Gasteiger partial charge in [0, 0.05) is 0 Å². The van der Waals surface area contributed by atoms with Gasteiger partial charge in [-0.25, -0.2) is 0 Å². The van der Waals surface area contributed by atoms with Crippen molar-refractivity contribution in [3.63, 3.8) is 0 Å². The Morgan fingerprint density at radius 3 is 1.29 bits per heavy atom. The van der Waals surface area contributed by atoms with Crippen molar-refractivity contribution in [2.75, 3.05) is 0 Å². The van der Waals surface area contributed by atoms with Crippen LogP contribution in [-0.2, 0) is 39.0 Å². The summed E-state index contributed by atoms with van der Waals surface area (Å²) in [6, 6.07) is 35.7. The molecule has 0 atom stereocenters. The van der Waals surface area contributed by atoms with Gasteiger partial charge in [0.2, 0.25) is 0 Å². The van der Waals surface area contributed by atoms with E-state index in [-0.39, 0.29) is 51.0 Å². The summed E-state index contributed by atoms with van der Waals surface area (Å²) >= 11 is 0. The van der Waals surface area contributed by atoms with Crippen molar-refractivity contribution in [3.8, 4) is 0 Å². The Balaban J connectivity index is 0.000000907. The SMILES string of the molecule is [Cl-].[Cl-].[Zr+4].c1ccc2c(c1)[cH-]c1c(CCc3cccc4c3[cH-]c3ccccc34)cccc12. The monoisotopic (exact) mass is 516 g/mol. The second-order valence-corrected chi connectivity index (χ2v) is 7.72. The van der Waals surface area contributed by atoms with E-state index in [0.717, 1.165) is 12.8 Å². The van der Waals surface area contributed by atoms with E-state index in [4.69, 9.17) is 0 Å². The first kappa shape index (κ1) is 23.7. The zero-order valence-electron chi connectivity index (χ0n) is 16.9. The Kier molecular flexibility index (Phi) is 7.43. The van der Waals surface area contributed by atoms with E-state index in [9.17, 15) is 0 Å². The van der Waals surface area contributed by atoms with Crippen LogP contribution in [0.1, 0.15) is 11.1 Å². The summed E-state index contributed by atoms with van der Waals surface area (Å²) in [6.07, 6.45) is 2.13. The summed E-state index contributed by atoms with van der Waals surface area (Å²) in [4.78, 5) is 0. The molecule has 6 aromatic carbocycles. The maximum Gasteiger partial charge on any atom is 4.00 e. The molecule has 0 heterocycles. The fourth-order valence-corrected chi connectivity index (χ4v) is 4.79. The number of rotatable bonds is 3. The number of hydrogen-bond acceptors (Lipinski definition) is 0. The van der Waals surface area contributed by atoms with Gasteiger partial charge < -0.3 is 24.8 Å². The zero-order valence-corrected chi connectivity index (χ0v) is 20.9. The Morgan fingerprint density at radius 2 is 0.839 bits per heavy atom. The van der Waals surface area contributed by atoms with Crippen LogP contribution in [0.3, 0.4) is 0 Å². The summed E-state index contributed by atoms with van der Waals surface area (Å²) in [6.45, 7) is 0. The largest absolute Gasteiger partial charge is 4.00 e. The maximum absolute atomic E-state index is 2.36. The average molecular weight is 519 g/mol. The van der Waals surface area contributed by atoms with Gasteiger partial charge in [-0.15, -0.1) is 78.5 Å². The van der Waals surface area contributed by atoms with Crippen molar-refractivity contribution < 1.29 is 51.0 Å². The molecule has 3 heteroatoms. The second kappa shape index (κ2) is 9.70. The van der Waals surface area contributed by atoms with Gasteiger partial charge in [0.15, 0.2) is 0 Å². The molecule has 0 saturated carbocycles. The van der Waals surface area contributed by atoms with E-state index in [0.29, 0.717) is 0 Å². The second-order valence-electron chi connectivity index (χ2n) is 7.72. The molecule has 0 aliphatic carbocycles. The number of halogens is 2. The molecule has 6 aromatic rings. The van der Waals surface area contributed by atoms with Crippen LogP contribution < -0.4 is 24.8 Å². The standard InChI is InChI=1S/C28H20.2ClH.Zr/c1-3-11-23-21(7-1)17-27-19(9-5-13-25(23)27)15-16-20-10-6-14-26-24-12-4-2-8-22(24)18-28(20)26;;;/h1-14,17-18H,15-16H2;2*1H;/q-2;;;+4/p-2. The Bertz CT molecular complexity index is 1360. The fourth-order valence-electron chi connectivity index (χ4n) is 4.79. The molecule has 0 N–H and O–H groups in total. The van der Waals surface area contributed by atoms with Gasteiger partial charge in [0.05, 0.1) is 0 Å². The van der Waals surface area contributed by atoms with E-state index >= 15 is 0 Å². The zero-order chi connectivity index (χ0) is 18.5. The first-order valence-corrected chi connectivity index (χ1v) is 10.0. The Labute approximate surface area is 213 Å². The van der Waals surface area contributed by atoms with Gasteiger partial charge in [0.25, 0.3) is 0 Å². The van der Waals surface area contributed by atoms with Crippen molar-refractivity contribution in [2.24, 2.45) is 0 Å². The summed E-state index contributed by atoms with van der Waals surface area (Å²) < 4.78 is 0. The number of fused-ring (bicyclic) bond motifs is 6. The molecule has 31 heavy (non-hydrogen) atoms. The van der Waals surface area contributed by atoms with Gasteiger partial charge in [-0.05, 0) is 0 Å². The molecule has 0 unspecified atom stereocenters. The van der Waals surface area contributed by atoms with Crippen molar-refractivity contribution in [3.05, 3.63) is 108 Å². The van der Waals surface area contributed by atoms with Crippen LogP contribution in [0.15, 0.2) is 97.1 Å². The molecular formula is C28H20Cl2Zr. The van der Waals surface area contributed by atoms with Gasteiger partial charge in [-0.1, -0.05) is 85.6 Å². The van der Waals surface area contributed by atoms with Crippen LogP contribution in [0, 0.1) is 0 Å². The van der Waals surface area contributed by atoms with E-state index < -0.39 is 0 Å². The third kappa shape index (κ3) is 4.00.